The average molecular weight is 482 g/mol. The molecule has 112 valence electrons. The first-order valence-corrected chi connectivity index (χ1v) is 9.37. The number of hydrogen-bond donors (Lipinski definition) is 2. The maximum Gasteiger partial charge on any atom is 0.262 e. The van der Waals surface area contributed by atoms with Gasteiger partial charge in [0, 0.05) is 13.7 Å². The van der Waals surface area contributed by atoms with Crippen LogP contribution < -0.4 is 4.72 Å². The van der Waals surface area contributed by atoms with Crippen molar-refractivity contribution in [3.05, 3.63) is 55.6 Å². The number of rotatable bonds is 4. The summed E-state index contributed by atoms with van der Waals surface area (Å²) >= 11 is 5.47. The van der Waals surface area contributed by atoms with Crippen LogP contribution in [0.25, 0.3) is 0 Å². The van der Waals surface area contributed by atoms with E-state index in [0.717, 1.165) is 3.57 Å². The molecular weight excluding hydrogens is 469 g/mol. The number of hydrogen-bond acceptors (Lipinski definition) is 3. The number of anilines is 1. The summed E-state index contributed by atoms with van der Waals surface area (Å²) < 4.78 is 29.2. The van der Waals surface area contributed by atoms with E-state index in [9.17, 15) is 13.5 Å². The molecule has 2 aromatic carbocycles. The maximum atomic E-state index is 12.5. The molecule has 2 aromatic rings. The van der Waals surface area contributed by atoms with E-state index in [0.29, 0.717) is 21.3 Å². The summed E-state index contributed by atoms with van der Waals surface area (Å²) in [7, 11) is -3.71. The fraction of sp³-hybridized carbons (Fsp3) is 0.143. The van der Waals surface area contributed by atoms with Crippen LogP contribution in [0.15, 0.2) is 45.8 Å². The van der Waals surface area contributed by atoms with Crippen LogP contribution in [0.2, 0.25) is 0 Å². The quantitative estimate of drug-likeness (QED) is 0.655. The molecule has 0 amide bonds. The zero-order chi connectivity index (χ0) is 15.6. The van der Waals surface area contributed by atoms with Gasteiger partial charge >= 0.3 is 0 Å². The van der Waals surface area contributed by atoms with Gasteiger partial charge in [-0.25, -0.2) is 8.42 Å². The molecule has 0 aliphatic heterocycles. The molecule has 2 N–H and O–H groups in total. The topological polar surface area (TPSA) is 66.4 Å². The van der Waals surface area contributed by atoms with Crippen molar-refractivity contribution < 1.29 is 13.5 Å². The Morgan fingerprint density at radius 2 is 1.86 bits per heavy atom. The molecule has 4 nitrogen and oxygen atoms in total. The summed E-state index contributed by atoms with van der Waals surface area (Å²) in [6.45, 7) is 1.50. The monoisotopic (exact) mass is 481 g/mol. The number of nitrogens with one attached hydrogen (secondary N) is 1. The molecule has 2 rings (SSSR count). The predicted octanol–water partition coefficient (Wildman–Crippen LogP) is 3.66. The van der Waals surface area contributed by atoms with Gasteiger partial charge in [0.25, 0.3) is 10.0 Å². The van der Waals surface area contributed by atoms with E-state index in [2.05, 4.69) is 43.2 Å². The first kappa shape index (κ1) is 16.7. The van der Waals surface area contributed by atoms with E-state index in [-0.39, 0.29) is 11.5 Å². The van der Waals surface area contributed by atoms with Crippen LogP contribution in [-0.2, 0) is 16.6 Å². The third kappa shape index (κ3) is 3.97. The minimum absolute atomic E-state index is 0.152. The lowest BCUT2D eigenvalue weighted by Gasteiger charge is -2.13. The van der Waals surface area contributed by atoms with Crippen molar-refractivity contribution in [3.63, 3.8) is 0 Å². The smallest absolute Gasteiger partial charge is 0.262 e. The summed E-state index contributed by atoms with van der Waals surface area (Å²) in [6, 6.07) is 10.3. The van der Waals surface area contributed by atoms with Crippen LogP contribution in [0, 0.1) is 10.5 Å². The molecule has 21 heavy (non-hydrogen) atoms. The van der Waals surface area contributed by atoms with Crippen molar-refractivity contribution in [1.82, 2.24) is 0 Å². The molecule has 0 unspecified atom stereocenters. The van der Waals surface area contributed by atoms with Gasteiger partial charge in [-0.1, -0.05) is 15.9 Å². The highest BCUT2D eigenvalue weighted by atomic mass is 127. The summed E-state index contributed by atoms with van der Waals surface area (Å²) in [4.78, 5) is 0.152. The van der Waals surface area contributed by atoms with Gasteiger partial charge in [0.2, 0.25) is 0 Å². The fourth-order valence-corrected chi connectivity index (χ4v) is 4.18. The lowest BCUT2D eigenvalue weighted by Crippen LogP contribution is -2.15. The van der Waals surface area contributed by atoms with Crippen molar-refractivity contribution in [1.29, 1.82) is 0 Å². The minimum atomic E-state index is -3.71. The Morgan fingerprint density at radius 1 is 1.24 bits per heavy atom. The third-order valence-electron chi connectivity index (χ3n) is 2.92. The normalized spacial score (nSPS) is 11.4. The zero-order valence-corrected chi connectivity index (χ0v) is 15.7. The molecule has 0 aliphatic rings. The molecule has 0 aliphatic carbocycles. The summed E-state index contributed by atoms with van der Waals surface area (Å²) in [5, 5.41) is 9.23. The van der Waals surface area contributed by atoms with Crippen molar-refractivity contribution in [2.24, 2.45) is 0 Å². The Balaban J connectivity index is 2.44. The Hall–Kier alpha value is -0.640. The molecule has 0 saturated carbocycles. The SMILES string of the molecule is Cc1c(Br)cc(CO)cc1S(=O)(=O)Nc1ccc(I)cc1. The highest BCUT2D eigenvalue weighted by molar-refractivity contribution is 14.1. The highest BCUT2D eigenvalue weighted by Gasteiger charge is 2.19. The van der Waals surface area contributed by atoms with E-state index < -0.39 is 10.0 Å². The Morgan fingerprint density at radius 3 is 2.43 bits per heavy atom. The molecule has 0 radical (unpaired) electrons. The Labute approximate surface area is 145 Å². The number of aliphatic hydroxyl groups excluding tert-OH is 1. The molecule has 0 fully saturated rings. The van der Waals surface area contributed by atoms with Gasteiger partial charge in [0.1, 0.15) is 0 Å². The molecule has 7 heteroatoms. The van der Waals surface area contributed by atoms with E-state index in [1.165, 1.54) is 6.07 Å². The largest absolute Gasteiger partial charge is 0.392 e. The van der Waals surface area contributed by atoms with E-state index in [1.807, 2.05) is 12.1 Å². The van der Waals surface area contributed by atoms with Gasteiger partial charge in [0.15, 0.2) is 0 Å². The van der Waals surface area contributed by atoms with E-state index in [4.69, 9.17) is 0 Å². The third-order valence-corrected chi connectivity index (χ3v) is 5.98. The van der Waals surface area contributed by atoms with Crippen molar-refractivity contribution in [2.75, 3.05) is 4.72 Å². The molecule has 0 heterocycles. The number of benzene rings is 2. The number of aliphatic hydroxyl groups is 1. The maximum absolute atomic E-state index is 12.5. The van der Waals surface area contributed by atoms with Gasteiger partial charge in [0.05, 0.1) is 11.5 Å². The number of halogens is 2. The predicted molar refractivity (Wildman–Crippen MR) is 94.8 cm³/mol. The molecular formula is C14H13BrINO3S. The van der Waals surface area contributed by atoms with Crippen LogP contribution >= 0.6 is 38.5 Å². The number of sulfonamides is 1. The summed E-state index contributed by atoms with van der Waals surface area (Å²) in [6.07, 6.45) is 0. The van der Waals surface area contributed by atoms with Gasteiger partial charge < -0.3 is 5.11 Å². The van der Waals surface area contributed by atoms with Crippen molar-refractivity contribution in [3.8, 4) is 0 Å². The first-order chi connectivity index (χ1) is 9.83. The molecule has 0 atom stereocenters. The Kier molecular flexibility index (Phi) is 5.29. The van der Waals surface area contributed by atoms with Gasteiger partial charge in [-0.15, -0.1) is 0 Å². The highest BCUT2D eigenvalue weighted by Crippen LogP contribution is 2.27. The van der Waals surface area contributed by atoms with E-state index in [1.54, 1.807) is 25.1 Å². The van der Waals surface area contributed by atoms with Crippen LogP contribution in [0.1, 0.15) is 11.1 Å². The second-order valence-electron chi connectivity index (χ2n) is 4.47. The fourth-order valence-electron chi connectivity index (χ4n) is 1.81. The zero-order valence-electron chi connectivity index (χ0n) is 11.1. The summed E-state index contributed by atoms with van der Waals surface area (Å²) in [5.41, 5.74) is 1.64. The van der Waals surface area contributed by atoms with Gasteiger partial charge in [-0.2, -0.15) is 0 Å². The van der Waals surface area contributed by atoms with Crippen LogP contribution in [-0.4, -0.2) is 13.5 Å². The molecule has 0 aromatic heterocycles. The van der Waals surface area contributed by atoms with Crippen molar-refractivity contribution in [2.45, 2.75) is 18.4 Å². The average Bonchev–Trinajstić information content (AvgIpc) is 2.43. The lowest BCUT2D eigenvalue weighted by molar-refractivity contribution is 0.281. The first-order valence-electron chi connectivity index (χ1n) is 6.02. The minimum Gasteiger partial charge on any atom is -0.392 e. The van der Waals surface area contributed by atoms with Gasteiger partial charge in [-0.3, -0.25) is 4.72 Å². The second kappa shape index (κ2) is 6.64. The Bertz CT molecular complexity index is 761. The van der Waals surface area contributed by atoms with Crippen molar-refractivity contribution >= 4 is 54.2 Å². The van der Waals surface area contributed by atoms with Crippen LogP contribution in [0.3, 0.4) is 0 Å². The van der Waals surface area contributed by atoms with E-state index >= 15 is 0 Å². The lowest BCUT2D eigenvalue weighted by atomic mass is 10.2. The van der Waals surface area contributed by atoms with Gasteiger partial charge in [-0.05, 0) is 77.0 Å². The standard InChI is InChI=1S/C14H13BrINO3S/c1-9-13(15)6-10(8-18)7-14(9)21(19,20)17-12-4-2-11(16)3-5-12/h2-7,17-18H,8H2,1H3. The van der Waals surface area contributed by atoms with Crippen LogP contribution in [0.4, 0.5) is 5.69 Å². The summed E-state index contributed by atoms with van der Waals surface area (Å²) in [5.74, 6) is 0. The molecule has 0 spiro atoms. The second-order valence-corrected chi connectivity index (χ2v) is 8.22. The molecule has 0 saturated heterocycles. The van der Waals surface area contributed by atoms with Crippen LogP contribution in [0.5, 0.6) is 0 Å². The molecule has 0 bridgehead atoms.